The Labute approximate surface area is 145 Å². The molecule has 0 unspecified atom stereocenters. The van der Waals surface area contributed by atoms with Crippen LogP contribution in [0.2, 0.25) is 0 Å². The maximum atomic E-state index is 12.0. The molecule has 8 heteroatoms. The van der Waals surface area contributed by atoms with Gasteiger partial charge in [-0.15, -0.1) is 0 Å². The molecule has 0 saturated carbocycles. The third kappa shape index (κ3) is 3.06. The zero-order valence-electron chi connectivity index (χ0n) is 14.1. The number of imidazole rings is 1. The van der Waals surface area contributed by atoms with E-state index in [4.69, 9.17) is 4.74 Å². The molecule has 0 fully saturated rings. The first-order valence-corrected chi connectivity index (χ1v) is 9.22. The molecule has 25 heavy (non-hydrogen) atoms. The number of ether oxygens (including phenoxy) is 1. The number of nitrogens with zero attached hydrogens (tertiary/aromatic N) is 2. The van der Waals surface area contributed by atoms with Crippen molar-refractivity contribution < 1.29 is 18.3 Å². The number of hydrogen-bond donors (Lipinski definition) is 2. The summed E-state index contributed by atoms with van der Waals surface area (Å²) in [6.45, 7) is 2.27. The topological polar surface area (TPSA) is 93.5 Å². The molecule has 132 valence electrons. The molecule has 0 spiro atoms. The van der Waals surface area contributed by atoms with Crippen LogP contribution >= 0.6 is 0 Å². The molecule has 7 nitrogen and oxygen atoms in total. The minimum Gasteiger partial charge on any atom is -0.504 e. The lowest BCUT2D eigenvalue weighted by atomic mass is 10.2. The lowest BCUT2D eigenvalue weighted by Crippen LogP contribution is -2.18. The van der Waals surface area contributed by atoms with Crippen molar-refractivity contribution in [2.24, 2.45) is 7.05 Å². The predicted octanol–water partition coefficient (Wildman–Crippen LogP) is 2.25. The van der Waals surface area contributed by atoms with E-state index in [0.29, 0.717) is 23.7 Å². The van der Waals surface area contributed by atoms with E-state index >= 15 is 0 Å². The van der Waals surface area contributed by atoms with Gasteiger partial charge in [0.15, 0.2) is 11.5 Å². The van der Waals surface area contributed by atoms with Crippen molar-refractivity contribution in [3.63, 3.8) is 0 Å². The number of phenolic OH excluding ortho intramolecular Hbond substituents is 1. The third-order valence-electron chi connectivity index (χ3n) is 3.95. The minimum atomic E-state index is -3.53. The van der Waals surface area contributed by atoms with Crippen molar-refractivity contribution in [3.8, 4) is 22.9 Å². The van der Waals surface area contributed by atoms with E-state index in [0.717, 1.165) is 11.1 Å². The summed E-state index contributed by atoms with van der Waals surface area (Å²) in [5, 5.41) is 9.85. The number of rotatable bonds is 5. The summed E-state index contributed by atoms with van der Waals surface area (Å²) in [5.41, 5.74) is 2.13. The number of benzene rings is 2. The van der Waals surface area contributed by atoms with Gasteiger partial charge in [0.2, 0.25) is 10.0 Å². The van der Waals surface area contributed by atoms with E-state index < -0.39 is 10.0 Å². The number of aromatic hydroxyl groups is 1. The van der Waals surface area contributed by atoms with E-state index in [9.17, 15) is 13.5 Å². The molecular weight excluding hydrogens is 342 g/mol. The van der Waals surface area contributed by atoms with Gasteiger partial charge in [-0.2, -0.15) is 0 Å². The highest BCUT2D eigenvalue weighted by atomic mass is 32.2. The number of aryl methyl sites for hydroxylation is 1. The standard InChI is InChI=1S/C17H19N3O4S/c1-4-24-16-9-11(5-8-15(16)21)17-19-13-10-12(25(22,23)18-2)6-7-14(13)20(17)3/h5-10,18,21H,4H2,1-3H3. The van der Waals surface area contributed by atoms with E-state index in [1.54, 1.807) is 30.3 Å². The molecule has 1 heterocycles. The number of nitrogens with one attached hydrogen (secondary N) is 1. The van der Waals surface area contributed by atoms with Gasteiger partial charge in [0.25, 0.3) is 0 Å². The van der Waals surface area contributed by atoms with Crippen molar-refractivity contribution in [1.82, 2.24) is 14.3 Å². The molecule has 2 aromatic carbocycles. The fraction of sp³-hybridized carbons (Fsp3) is 0.235. The largest absolute Gasteiger partial charge is 0.504 e. The summed E-state index contributed by atoms with van der Waals surface area (Å²) in [5.74, 6) is 1.09. The quantitative estimate of drug-likeness (QED) is 0.727. The van der Waals surface area contributed by atoms with Crippen LogP contribution in [0.1, 0.15) is 6.92 Å². The molecule has 1 aromatic heterocycles. The average Bonchev–Trinajstić information content (AvgIpc) is 2.93. The van der Waals surface area contributed by atoms with Gasteiger partial charge in [-0.3, -0.25) is 0 Å². The van der Waals surface area contributed by atoms with E-state index in [-0.39, 0.29) is 10.6 Å². The lowest BCUT2D eigenvalue weighted by Gasteiger charge is -2.08. The maximum Gasteiger partial charge on any atom is 0.240 e. The van der Waals surface area contributed by atoms with Gasteiger partial charge in [-0.25, -0.2) is 18.1 Å². The molecule has 2 N–H and O–H groups in total. The van der Waals surface area contributed by atoms with E-state index in [1.807, 2.05) is 18.5 Å². The van der Waals surface area contributed by atoms with Gasteiger partial charge < -0.3 is 14.4 Å². The molecular formula is C17H19N3O4S. The second-order valence-electron chi connectivity index (χ2n) is 5.47. The number of phenols is 1. The molecule has 0 bridgehead atoms. The van der Waals surface area contributed by atoms with Crippen LogP contribution in [0, 0.1) is 0 Å². The Hall–Kier alpha value is -2.58. The highest BCUT2D eigenvalue weighted by Crippen LogP contribution is 2.32. The van der Waals surface area contributed by atoms with Crippen LogP contribution in [0.15, 0.2) is 41.3 Å². The highest BCUT2D eigenvalue weighted by Gasteiger charge is 2.16. The zero-order chi connectivity index (χ0) is 18.2. The smallest absolute Gasteiger partial charge is 0.240 e. The van der Waals surface area contributed by atoms with E-state index in [2.05, 4.69) is 9.71 Å². The number of aromatic nitrogens is 2. The minimum absolute atomic E-state index is 0.0618. The average molecular weight is 361 g/mol. The fourth-order valence-corrected chi connectivity index (χ4v) is 3.40. The summed E-state index contributed by atoms with van der Waals surface area (Å²) in [6, 6.07) is 9.81. The van der Waals surface area contributed by atoms with Crippen molar-refractivity contribution in [3.05, 3.63) is 36.4 Å². The summed E-state index contributed by atoms with van der Waals surface area (Å²) < 4.78 is 33.5. The Morgan fingerprint density at radius 2 is 2.00 bits per heavy atom. The Morgan fingerprint density at radius 3 is 2.68 bits per heavy atom. The second kappa shape index (κ2) is 6.38. The molecule has 0 aliphatic rings. The number of fused-ring (bicyclic) bond motifs is 1. The van der Waals surface area contributed by atoms with Gasteiger partial charge in [0, 0.05) is 12.6 Å². The van der Waals surface area contributed by atoms with Crippen LogP contribution in [0.25, 0.3) is 22.4 Å². The summed E-state index contributed by atoms with van der Waals surface area (Å²) in [7, 11) is -0.308. The molecule has 0 atom stereocenters. The molecule has 0 aliphatic heterocycles. The molecule has 0 amide bonds. The molecule has 0 radical (unpaired) electrons. The molecule has 0 aliphatic carbocycles. The number of sulfonamides is 1. The van der Waals surface area contributed by atoms with Crippen molar-refractivity contribution in [2.45, 2.75) is 11.8 Å². The van der Waals surface area contributed by atoms with Gasteiger partial charge in [-0.05, 0) is 50.4 Å². The highest BCUT2D eigenvalue weighted by molar-refractivity contribution is 7.89. The summed E-state index contributed by atoms with van der Waals surface area (Å²) in [6.07, 6.45) is 0. The molecule has 0 saturated heterocycles. The SMILES string of the molecule is CCOc1cc(-c2nc3cc(S(=O)(=O)NC)ccc3n2C)ccc1O. The zero-order valence-corrected chi connectivity index (χ0v) is 15.0. The lowest BCUT2D eigenvalue weighted by molar-refractivity contribution is 0.318. The van der Waals surface area contributed by atoms with Gasteiger partial charge in [0.1, 0.15) is 5.82 Å². The molecule has 3 rings (SSSR count). The maximum absolute atomic E-state index is 12.0. The van der Waals surface area contributed by atoms with E-state index in [1.165, 1.54) is 13.1 Å². The van der Waals surface area contributed by atoms with Gasteiger partial charge >= 0.3 is 0 Å². The van der Waals surface area contributed by atoms with Gasteiger partial charge in [0.05, 0.1) is 22.5 Å². The van der Waals surface area contributed by atoms with Crippen molar-refractivity contribution in [2.75, 3.05) is 13.7 Å². The van der Waals surface area contributed by atoms with Gasteiger partial charge in [-0.1, -0.05) is 0 Å². The third-order valence-corrected chi connectivity index (χ3v) is 5.36. The van der Waals surface area contributed by atoms with Crippen molar-refractivity contribution in [1.29, 1.82) is 0 Å². The Balaban J connectivity index is 2.15. The summed E-state index contributed by atoms with van der Waals surface area (Å²) >= 11 is 0. The van der Waals surface area contributed by atoms with Crippen LogP contribution < -0.4 is 9.46 Å². The Morgan fingerprint density at radius 1 is 1.24 bits per heavy atom. The number of hydrogen-bond acceptors (Lipinski definition) is 5. The van der Waals surface area contributed by atoms with Crippen LogP contribution in [-0.4, -0.2) is 36.7 Å². The van der Waals surface area contributed by atoms with Crippen LogP contribution in [-0.2, 0) is 17.1 Å². The second-order valence-corrected chi connectivity index (χ2v) is 7.35. The Kier molecular flexibility index (Phi) is 4.40. The first kappa shape index (κ1) is 17.2. The summed E-state index contributed by atoms with van der Waals surface area (Å²) in [4.78, 5) is 4.72. The molecule has 3 aromatic rings. The monoisotopic (exact) mass is 361 g/mol. The first-order valence-electron chi connectivity index (χ1n) is 7.73. The normalized spacial score (nSPS) is 11.8. The Bertz CT molecular complexity index is 1040. The first-order chi connectivity index (χ1) is 11.9. The van der Waals surface area contributed by atoms with Crippen LogP contribution in [0.4, 0.5) is 0 Å². The van der Waals surface area contributed by atoms with Crippen molar-refractivity contribution >= 4 is 21.1 Å². The fourth-order valence-electron chi connectivity index (χ4n) is 2.65. The van der Waals surface area contributed by atoms with Crippen LogP contribution in [0.5, 0.6) is 11.5 Å². The predicted molar refractivity (Wildman–Crippen MR) is 95.2 cm³/mol. The van der Waals surface area contributed by atoms with Crippen LogP contribution in [0.3, 0.4) is 0 Å².